The van der Waals surface area contributed by atoms with Crippen LogP contribution < -0.4 is 0 Å². The number of fused-ring (bicyclic) bond motifs is 3. The summed E-state index contributed by atoms with van der Waals surface area (Å²) in [5.74, 6) is -0.299. The maximum atomic E-state index is 11.3. The van der Waals surface area contributed by atoms with E-state index in [1.807, 2.05) is 24.4 Å². The van der Waals surface area contributed by atoms with E-state index in [9.17, 15) is 9.59 Å². The molecule has 0 aliphatic rings. The summed E-state index contributed by atoms with van der Waals surface area (Å²) in [7, 11) is 0. The third kappa shape index (κ3) is 1.85. The number of aromatic amines is 1. The second-order valence-corrected chi connectivity index (χ2v) is 4.56. The normalized spacial score (nSPS) is 12.8. The zero-order chi connectivity index (χ0) is 13.2. The fourth-order valence-corrected chi connectivity index (χ4v) is 2.51. The van der Waals surface area contributed by atoms with Crippen molar-refractivity contribution < 1.29 is 14.0 Å². The molecule has 0 saturated carbocycles. The number of hydrogen-bond acceptors (Lipinski definition) is 3. The van der Waals surface area contributed by atoms with E-state index in [1.54, 1.807) is 6.26 Å². The van der Waals surface area contributed by atoms with Crippen LogP contribution in [0.1, 0.15) is 24.3 Å². The lowest BCUT2D eigenvalue weighted by molar-refractivity contribution is -0.109. The lowest BCUT2D eigenvalue weighted by Gasteiger charge is -2.06. The van der Waals surface area contributed by atoms with Crippen molar-refractivity contribution in [1.82, 2.24) is 4.98 Å². The summed E-state index contributed by atoms with van der Waals surface area (Å²) in [5, 5.41) is 2.00. The molecule has 1 atom stereocenters. The van der Waals surface area contributed by atoms with Crippen LogP contribution in [0.5, 0.6) is 0 Å². The topological polar surface area (TPSA) is 63.1 Å². The second-order valence-electron chi connectivity index (χ2n) is 4.56. The number of carbonyl (C=O) groups excluding carboxylic acids is 2. The Bertz CT molecular complexity index is 738. The van der Waals surface area contributed by atoms with Gasteiger partial charge >= 0.3 is 0 Å². The standard InChI is InChI=1S/C15H13NO3/c17-7-1-2-10(8-18)12-9-19-14-4-3-13-11(15(12)14)5-6-16-13/h3-10,16H,1-2H2. The van der Waals surface area contributed by atoms with Crippen molar-refractivity contribution in [2.75, 3.05) is 0 Å². The van der Waals surface area contributed by atoms with Gasteiger partial charge < -0.3 is 19.0 Å². The van der Waals surface area contributed by atoms with E-state index in [4.69, 9.17) is 4.42 Å². The molecule has 4 nitrogen and oxygen atoms in total. The third-order valence-electron chi connectivity index (χ3n) is 3.46. The predicted molar refractivity (Wildman–Crippen MR) is 72.2 cm³/mol. The van der Waals surface area contributed by atoms with Gasteiger partial charge in [0.1, 0.15) is 18.2 Å². The number of hydrogen-bond donors (Lipinski definition) is 1. The Morgan fingerprint density at radius 1 is 1.26 bits per heavy atom. The molecule has 0 radical (unpaired) electrons. The minimum atomic E-state index is -0.299. The largest absolute Gasteiger partial charge is 0.464 e. The van der Waals surface area contributed by atoms with Gasteiger partial charge in [0.2, 0.25) is 0 Å². The SMILES string of the molecule is O=CCCC(C=O)c1coc2ccc3[nH]ccc3c12. The first-order valence-corrected chi connectivity index (χ1v) is 6.21. The maximum Gasteiger partial charge on any atom is 0.134 e. The van der Waals surface area contributed by atoms with Crippen molar-refractivity contribution in [1.29, 1.82) is 0 Å². The molecule has 0 fully saturated rings. The van der Waals surface area contributed by atoms with E-state index in [2.05, 4.69) is 4.98 Å². The molecule has 0 saturated heterocycles. The molecule has 3 rings (SSSR count). The van der Waals surface area contributed by atoms with E-state index in [0.717, 1.165) is 40.0 Å². The lowest BCUT2D eigenvalue weighted by Crippen LogP contribution is -1.99. The van der Waals surface area contributed by atoms with Gasteiger partial charge in [0.05, 0.1) is 6.26 Å². The fourth-order valence-electron chi connectivity index (χ4n) is 2.51. The lowest BCUT2D eigenvalue weighted by atomic mass is 9.94. The summed E-state index contributed by atoms with van der Waals surface area (Å²) in [6.07, 6.45) is 6.11. The van der Waals surface area contributed by atoms with Crippen LogP contribution in [0, 0.1) is 0 Å². The molecular formula is C15H13NO3. The molecule has 0 aliphatic heterocycles. The highest BCUT2D eigenvalue weighted by molar-refractivity contribution is 6.07. The van der Waals surface area contributed by atoms with Crippen molar-refractivity contribution in [3.8, 4) is 0 Å². The molecule has 1 unspecified atom stereocenters. The first-order valence-electron chi connectivity index (χ1n) is 6.21. The first kappa shape index (κ1) is 11.7. The van der Waals surface area contributed by atoms with Gasteiger partial charge in [0, 0.05) is 40.4 Å². The average Bonchev–Trinajstić information content (AvgIpc) is 3.04. The van der Waals surface area contributed by atoms with E-state index >= 15 is 0 Å². The maximum absolute atomic E-state index is 11.3. The van der Waals surface area contributed by atoms with Crippen LogP contribution in [-0.2, 0) is 9.59 Å². The van der Waals surface area contributed by atoms with Gasteiger partial charge in [-0.1, -0.05) is 0 Å². The van der Waals surface area contributed by atoms with Gasteiger partial charge in [-0.3, -0.25) is 0 Å². The van der Waals surface area contributed by atoms with Crippen LogP contribution in [0.4, 0.5) is 0 Å². The number of carbonyl (C=O) groups is 2. The Morgan fingerprint density at radius 2 is 2.16 bits per heavy atom. The molecule has 4 heteroatoms. The summed E-state index contributed by atoms with van der Waals surface area (Å²) in [4.78, 5) is 24.9. The highest BCUT2D eigenvalue weighted by Gasteiger charge is 2.18. The van der Waals surface area contributed by atoms with Gasteiger partial charge in [0.25, 0.3) is 0 Å². The summed E-state index contributed by atoms with van der Waals surface area (Å²) < 4.78 is 5.53. The molecule has 1 aromatic carbocycles. The minimum Gasteiger partial charge on any atom is -0.464 e. The zero-order valence-electron chi connectivity index (χ0n) is 10.3. The van der Waals surface area contributed by atoms with Crippen molar-refractivity contribution in [2.45, 2.75) is 18.8 Å². The molecule has 0 spiro atoms. The molecule has 19 heavy (non-hydrogen) atoms. The molecule has 0 aliphatic carbocycles. The molecule has 2 heterocycles. The van der Waals surface area contributed by atoms with Gasteiger partial charge in [0.15, 0.2) is 0 Å². The Balaban J connectivity index is 2.19. The molecule has 1 N–H and O–H groups in total. The van der Waals surface area contributed by atoms with E-state index in [0.29, 0.717) is 12.8 Å². The number of rotatable bonds is 5. The van der Waals surface area contributed by atoms with Crippen LogP contribution in [0.25, 0.3) is 21.9 Å². The van der Waals surface area contributed by atoms with Crippen LogP contribution >= 0.6 is 0 Å². The van der Waals surface area contributed by atoms with Crippen molar-refractivity contribution in [3.05, 3.63) is 36.2 Å². The number of aromatic nitrogens is 1. The number of aldehydes is 2. The summed E-state index contributed by atoms with van der Waals surface area (Å²) >= 11 is 0. The molecule has 0 amide bonds. The van der Waals surface area contributed by atoms with E-state index < -0.39 is 0 Å². The highest BCUT2D eigenvalue weighted by atomic mass is 16.3. The van der Waals surface area contributed by atoms with Crippen molar-refractivity contribution in [3.63, 3.8) is 0 Å². The smallest absolute Gasteiger partial charge is 0.134 e. The summed E-state index contributed by atoms with van der Waals surface area (Å²) in [6.45, 7) is 0. The Hall–Kier alpha value is -2.36. The quantitative estimate of drug-likeness (QED) is 0.712. The molecular weight excluding hydrogens is 242 g/mol. The molecule has 96 valence electrons. The van der Waals surface area contributed by atoms with Gasteiger partial charge in [-0.05, 0) is 24.6 Å². The fraction of sp³-hybridized carbons (Fsp3) is 0.200. The Labute approximate surface area is 109 Å². The Morgan fingerprint density at radius 3 is 2.95 bits per heavy atom. The summed E-state index contributed by atoms with van der Waals surface area (Å²) in [5.41, 5.74) is 2.63. The van der Waals surface area contributed by atoms with E-state index in [-0.39, 0.29) is 5.92 Å². The minimum absolute atomic E-state index is 0.299. The predicted octanol–water partition coefficient (Wildman–Crippen LogP) is 3.18. The first-order chi connectivity index (χ1) is 9.35. The summed E-state index contributed by atoms with van der Waals surface area (Å²) in [6, 6.07) is 5.81. The molecule has 0 bridgehead atoms. The van der Waals surface area contributed by atoms with Crippen LogP contribution in [-0.4, -0.2) is 17.6 Å². The van der Waals surface area contributed by atoms with Crippen molar-refractivity contribution >= 4 is 34.4 Å². The molecule has 2 aromatic heterocycles. The van der Waals surface area contributed by atoms with Crippen LogP contribution in [0.15, 0.2) is 35.1 Å². The number of H-pyrrole nitrogens is 1. The number of nitrogens with one attached hydrogen (secondary N) is 1. The van der Waals surface area contributed by atoms with Gasteiger partial charge in [-0.2, -0.15) is 0 Å². The second kappa shape index (κ2) is 4.72. The van der Waals surface area contributed by atoms with Crippen LogP contribution in [0.2, 0.25) is 0 Å². The van der Waals surface area contributed by atoms with E-state index in [1.165, 1.54) is 0 Å². The molecule has 3 aromatic rings. The monoisotopic (exact) mass is 255 g/mol. The Kier molecular flexibility index (Phi) is 2.91. The van der Waals surface area contributed by atoms with Gasteiger partial charge in [-0.15, -0.1) is 0 Å². The number of furan rings is 1. The number of benzene rings is 1. The van der Waals surface area contributed by atoms with Crippen molar-refractivity contribution in [2.24, 2.45) is 0 Å². The highest BCUT2D eigenvalue weighted by Crippen LogP contribution is 2.34. The van der Waals surface area contributed by atoms with Gasteiger partial charge in [-0.25, -0.2) is 0 Å². The third-order valence-corrected chi connectivity index (χ3v) is 3.46. The average molecular weight is 255 g/mol. The van der Waals surface area contributed by atoms with Crippen LogP contribution in [0.3, 0.4) is 0 Å². The zero-order valence-corrected chi connectivity index (χ0v) is 10.3.